The molecule has 4 aromatic rings. The first-order valence-electron chi connectivity index (χ1n) is 12.3. The molecule has 4 heterocycles. The van der Waals surface area contributed by atoms with Gasteiger partial charge in [0.25, 0.3) is 0 Å². The number of halogens is 1. The first-order valence-corrected chi connectivity index (χ1v) is 13.5. The van der Waals surface area contributed by atoms with E-state index in [9.17, 15) is 10.1 Å². The molecule has 0 bridgehead atoms. The molecule has 3 aromatic heterocycles. The van der Waals surface area contributed by atoms with Gasteiger partial charge in [-0.3, -0.25) is 4.79 Å². The van der Waals surface area contributed by atoms with Crippen molar-refractivity contribution in [2.75, 3.05) is 38.6 Å². The summed E-state index contributed by atoms with van der Waals surface area (Å²) in [7, 11) is 3.98. The van der Waals surface area contributed by atoms with Crippen LogP contribution in [0.25, 0.3) is 21.9 Å². The normalized spacial score (nSPS) is 15.8. The van der Waals surface area contributed by atoms with Crippen LogP contribution < -0.4 is 16.1 Å². The van der Waals surface area contributed by atoms with Crippen LogP contribution in [0.3, 0.4) is 0 Å². The Balaban J connectivity index is 1.58. The van der Waals surface area contributed by atoms with Gasteiger partial charge >= 0.3 is 0 Å². The lowest BCUT2D eigenvalue weighted by atomic mass is 10.1. The number of fused-ring (bicyclic) bond motifs is 2. The predicted molar refractivity (Wildman–Crippen MR) is 149 cm³/mol. The third-order valence-corrected chi connectivity index (χ3v) is 7.94. The molecule has 1 fully saturated rings. The Morgan fingerprint density at radius 1 is 1.35 bits per heavy atom. The fourth-order valence-electron chi connectivity index (χ4n) is 4.69. The molecule has 0 amide bonds. The maximum Gasteiger partial charge on any atom is 0.207 e. The molecule has 11 heteroatoms. The number of anilines is 1. The van der Waals surface area contributed by atoms with Gasteiger partial charge in [0.15, 0.2) is 5.16 Å². The number of benzene rings is 1. The summed E-state index contributed by atoms with van der Waals surface area (Å²) in [6, 6.07) is 7.86. The van der Waals surface area contributed by atoms with Crippen molar-refractivity contribution < 1.29 is 0 Å². The molecule has 5 rings (SSSR count). The summed E-state index contributed by atoms with van der Waals surface area (Å²) in [5.41, 5.74) is 8.46. The number of aromatic nitrogens is 4. The minimum atomic E-state index is -0.270. The van der Waals surface area contributed by atoms with Gasteiger partial charge in [0.2, 0.25) is 5.43 Å². The zero-order valence-electron chi connectivity index (χ0n) is 21.1. The summed E-state index contributed by atoms with van der Waals surface area (Å²) in [6.07, 6.45) is 3.29. The molecule has 9 nitrogen and oxygen atoms in total. The van der Waals surface area contributed by atoms with E-state index in [1.807, 2.05) is 49.9 Å². The van der Waals surface area contributed by atoms with Gasteiger partial charge in [-0.1, -0.05) is 18.5 Å². The van der Waals surface area contributed by atoms with E-state index >= 15 is 0 Å². The zero-order valence-corrected chi connectivity index (χ0v) is 22.7. The Morgan fingerprint density at radius 2 is 2.16 bits per heavy atom. The Labute approximate surface area is 224 Å². The number of hydrogen-bond acceptors (Lipinski definition) is 8. The average Bonchev–Trinajstić information content (AvgIpc) is 3.46. The smallest absolute Gasteiger partial charge is 0.207 e. The first-order chi connectivity index (χ1) is 17.8. The highest BCUT2D eigenvalue weighted by Crippen LogP contribution is 2.37. The summed E-state index contributed by atoms with van der Waals surface area (Å²) < 4.78 is 1.97. The molecule has 0 aliphatic carbocycles. The standard InChI is InChI=1S/C26H29ClN8OS/c1-4-19-22(27)21-24(30-19)31-26(32-25(21)35-8-7-16(29)14-35)37-17-5-6-20-18(11-17)23(36)15(12-28)13-34(20)10-9-33(2)3/h5-6,11,13,16H,4,7-10,14,29H2,1-3H3,(H,30,31,32). The molecule has 1 atom stereocenters. The molecule has 1 aliphatic rings. The number of H-pyrrole nitrogens is 1. The highest BCUT2D eigenvalue weighted by molar-refractivity contribution is 7.99. The fourth-order valence-corrected chi connectivity index (χ4v) is 5.83. The van der Waals surface area contributed by atoms with Gasteiger partial charge < -0.3 is 25.1 Å². The van der Waals surface area contributed by atoms with Crippen LogP contribution in [-0.2, 0) is 13.0 Å². The lowest BCUT2D eigenvalue weighted by molar-refractivity contribution is 0.386. The number of nitrogens with one attached hydrogen (secondary N) is 1. The Hall–Kier alpha value is -3.10. The number of likely N-dealkylation sites (N-methyl/N-ethyl adjacent to an activating group) is 1. The second kappa shape index (κ2) is 10.3. The third-order valence-electron chi connectivity index (χ3n) is 6.67. The van der Waals surface area contributed by atoms with Crippen LogP contribution >= 0.6 is 23.4 Å². The minimum Gasteiger partial charge on any atom is -0.354 e. The zero-order chi connectivity index (χ0) is 26.3. The van der Waals surface area contributed by atoms with Crippen LogP contribution in [0.5, 0.6) is 0 Å². The number of aryl methyl sites for hydroxylation is 1. The van der Waals surface area contributed by atoms with Crippen molar-refractivity contribution >= 4 is 51.1 Å². The molecule has 1 aromatic carbocycles. The van der Waals surface area contributed by atoms with Gasteiger partial charge in [-0.05, 0) is 56.9 Å². The molecule has 0 saturated carbocycles. The monoisotopic (exact) mass is 536 g/mol. The molecular formula is C26H29ClN8OS. The van der Waals surface area contributed by atoms with Gasteiger partial charge in [-0.25, -0.2) is 9.97 Å². The Bertz CT molecular complexity index is 1590. The van der Waals surface area contributed by atoms with E-state index in [-0.39, 0.29) is 17.0 Å². The lowest BCUT2D eigenvalue weighted by Crippen LogP contribution is -2.27. The fraction of sp³-hybridized carbons (Fsp3) is 0.385. The summed E-state index contributed by atoms with van der Waals surface area (Å²) in [4.78, 5) is 31.1. The molecule has 0 radical (unpaired) electrons. The van der Waals surface area contributed by atoms with Crippen molar-refractivity contribution in [3.8, 4) is 6.07 Å². The molecule has 192 valence electrons. The quantitative estimate of drug-likeness (QED) is 0.344. The average molecular weight is 537 g/mol. The van der Waals surface area contributed by atoms with E-state index in [0.29, 0.717) is 34.3 Å². The van der Waals surface area contributed by atoms with Crippen LogP contribution in [0.1, 0.15) is 24.6 Å². The van der Waals surface area contributed by atoms with Gasteiger partial charge in [0.05, 0.1) is 15.9 Å². The van der Waals surface area contributed by atoms with Crippen LogP contribution in [0.15, 0.2) is 39.2 Å². The number of nitrogens with two attached hydrogens (primary N) is 1. The minimum absolute atomic E-state index is 0.0916. The van der Waals surface area contributed by atoms with E-state index in [1.54, 1.807) is 6.20 Å². The Morgan fingerprint density at radius 3 is 2.84 bits per heavy atom. The Kier molecular flexibility index (Phi) is 7.14. The molecule has 1 unspecified atom stereocenters. The van der Waals surface area contributed by atoms with Gasteiger partial charge in [0, 0.05) is 54.4 Å². The van der Waals surface area contributed by atoms with Crippen LogP contribution in [-0.4, -0.2) is 64.2 Å². The van der Waals surface area contributed by atoms with Crippen molar-refractivity contribution in [1.82, 2.24) is 24.4 Å². The van der Waals surface area contributed by atoms with Crippen LogP contribution in [0.4, 0.5) is 5.82 Å². The third kappa shape index (κ3) is 4.92. The van der Waals surface area contributed by atoms with E-state index in [2.05, 4.69) is 14.8 Å². The van der Waals surface area contributed by atoms with Crippen molar-refractivity contribution in [3.05, 3.63) is 50.9 Å². The molecule has 1 saturated heterocycles. The summed E-state index contributed by atoms with van der Waals surface area (Å²) >= 11 is 8.10. The number of rotatable bonds is 7. The van der Waals surface area contributed by atoms with Gasteiger partial charge in [-0.2, -0.15) is 5.26 Å². The number of hydrogen-bond donors (Lipinski definition) is 2. The topological polar surface area (TPSA) is 120 Å². The molecule has 0 spiro atoms. The maximum absolute atomic E-state index is 13.0. The largest absolute Gasteiger partial charge is 0.354 e. The summed E-state index contributed by atoms with van der Waals surface area (Å²) in [5, 5.41) is 12.1. The SMILES string of the molecule is CCc1[nH]c2nc(Sc3ccc4c(c3)c(=O)c(C#N)cn4CCN(C)C)nc(N3CCC(N)C3)c2c1Cl. The van der Waals surface area contributed by atoms with Gasteiger partial charge in [0.1, 0.15) is 23.1 Å². The lowest BCUT2D eigenvalue weighted by Gasteiger charge is -2.19. The van der Waals surface area contributed by atoms with Crippen molar-refractivity contribution in [1.29, 1.82) is 5.26 Å². The van der Waals surface area contributed by atoms with E-state index in [1.165, 1.54) is 11.8 Å². The molecule has 1 aliphatic heterocycles. The molecular weight excluding hydrogens is 508 g/mol. The van der Waals surface area contributed by atoms with E-state index in [4.69, 9.17) is 27.3 Å². The number of nitrogens with zero attached hydrogens (tertiary/aromatic N) is 6. The second-order valence-corrected chi connectivity index (χ2v) is 11.0. The second-order valence-electron chi connectivity index (χ2n) is 9.58. The van der Waals surface area contributed by atoms with Crippen LogP contribution in [0, 0.1) is 11.3 Å². The number of pyridine rings is 1. The highest BCUT2D eigenvalue weighted by Gasteiger charge is 2.26. The number of nitriles is 1. The van der Waals surface area contributed by atoms with Crippen molar-refractivity contribution in [2.45, 2.75) is 42.4 Å². The predicted octanol–water partition coefficient (Wildman–Crippen LogP) is 3.61. The van der Waals surface area contributed by atoms with Crippen LogP contribution in [0.2, 0.25) is 5.02 Å². The highest BCUT2D eigenvalue weighted by atomic mass is 35.5. The summed E-state index contributed by atoms with van der Waals surface area (Å²) in [6.45, 7) is 5.01. The van der Waals surface area contributed by atoms with E-state index < -0.39 is 0 Å². The first kappa shape index (κ1) is 25.5. The molecule has 37 heavy (non-hydrogen) atoms. The number of aromatic amines is 1. The van der Waals surface area contributed by atoms with Gasteiger partial charge in [-0.15, -0.1) is 0 Å². The molecule has 3 N–H and O–H groups in total. The van der Waals surface area contributed by atoms with Crippen molar-refractivity contribution in [2.24, 2.45) is 5.73 Å². The van der Waals surface area contributed by atoms with Crippen molar-refractivity contribution in [3.63, 3.8) is 0 Å². The van der Waals surface area contributed by atoms with E-state index in [0.717, 1.165) is 53.2 Å². The summed E-state index contributed by atoms with van der Waals surface area (Å²) in [5.74, 6) is 0.778. The maximum atomic E-state index is 13.0.